The molecule has 0 saturated carbocycles. The zero-order valence-corrected chi connectivity index (χ0v) is 11.4. The number of ether oxygens (including phenoxy) is 1. The number of hydrogen-bond donors (Lipinski definition) is 2. The molecule has 0 unspecified atom stereocenters. The molecule has 1 heterocycles. The number of nitrogens with zero attached hydrogens (tertiary/aromatic N) is 1. The van der Waals surface area contributed by atoms with Crippen molar-refractivity contribution < 1.29 is 24.5 Å². The van der Waals surface area contributed by atoms with Gasteiger partial charge in [-0.2, -0.15) is 0 Å². The topological polar surface area (TPSA) is 88.8 Å². The van der Waals surface area contributed by atoms with Crippen LogP contribution in [0.5, 0.6) is 5.75 Å². The van der Waals surface area contributed by atoms with Gasteiger partial charge in [-0.05, 0) is 42.0 Å². The van der Waals surface area contributed by atoms with Crippen LogP contribution in [0.3, 0.4) is 0 Å². The van der Waals surface area contributed by atoms with Gasteiger partial charge < -0.3 is 19.5 Å². The van der Waals surface area contributed by atoms with Crippen molar-refractivity contribution in [1.82, 2.24) is 4.57 Å². The predicted octanol–water partition coefficient (Wildman–Crippen LogP) is 1.88. The molecule has 0 amide bonds. The fourth-order valence-corrected chi connectivity index (χ4v) is 2.15. The Labute approximate surface area is 121 Å². The summed E-state index contributed by atoms with van der Waals surface area (Å²) in [4.78, 5) is 21.9. The number of aromatic nitrogens is 1. The van der Waals surface area contributed by atoms with Crippen LogP contribution in [0.15, 0.2) is 36.4 Å². The minimum atomic E-state index is -1.02. The first-order valence-electron chi connectivity index (χ1n) is 6.27. The highest BCUT2D eigenvalue weighted by atomic mass is 16.5. The maximum absolute atomic E-state index is 11.0. The second-order valence-corrected chi connectivity index (χ2v) is 4.49. The second-order valence-electron chi connectivity index (χ2n) is 4.49. The van der Waals surface area contributed by atoms with E-state index in [-0.39, 0.29) is 13.0 Å². The molecule has 0 spiro atoms. The van der Waals surface area contributed by atoms with E-state index in [4.69, 9.17) is 14.9 Å². The first-order chi connectivity index (χ1) is 10.0. The van der Waals surface area contributed by atoms with E-state index in [1.165, 1.54) is 4.57 Å². The maximum Gasteiger partial charge on any atom is 0.323 e. The van der Waals surface area contributed by atoms with Crippen molar-refractivity contribution in [2.75, 3.05) is 7.11 Å². The van der Waals surface area contributed by atoms with Crippen molar-refractivity contribution in [2.45, 2.75) is 13.0 Å². The molecule has 0 aliphatic rings. The molecule has 0 saturated heterocycles. The molecule has 6 nitrogen and oxygen atoms in total. The van der Waals surface area contributed by atoms with Gasteiger partial charge in [-0.25, -0.2) is 0 Å². The number of carboxylic acid groups (broad SMARTS) is 2. The van der Waals surface area contributed by atoms with E-state index in [0.29, 0.717) is 17.1 Å². The molecular weight excluding hydrogens is 274 g/mol. The van der Waals surface area contributed by atoms with E-state index in [9.17, 15) is 9.59 Å². The van der Waals surface area contributed by atoms with Crippen LogP contribution in [0.2, 0.25) is 0 Å². The van der Waals surface area contributed by atoms with Gasteiger partial charge in [0.25, 0.3) is 0 Å². The third-order valence-corrected chi connectivity index (χ3v) is 3.08. The Morgan fingerprint density at radius 1 is 1.05 bits per heavy atom. The van der Waals surface area contributed by atoms with E-state index in [2.05, 4.69) is 0 Å². The van der Waals surface area contributed by atoms with Gasteiger partial charge in [0, 0.05) is 11.4 Å². The summed E-state index contributed by atoms with van der Waals surface area (Å²) in [5.74, 6) is -1.32. The Morgan fingerprint density at radius 2 is 1.71 bits per heavy atom. The minimum absolute atomic E-state index is 0.219. The lowest BCUT2D eigenvalue weighted by molar-refractivity contribution is -0.139. The van der Waals surface area contributed by atoms with Gasteiger partial charge in [0.05, 0.1) is 13.5 Å². The SMILES string of the molecule is COc1ccc(-c2ccc(CC(=O)O)n2CC(=O)O)cc1. The number of hydrogen-bond acceptors (Lipinski definition) is 3. The monoisotopic (exact) mass is 289 g/mol. The molecule has 0 radical (unpaired) electrons. The first-order valence-corrected chi connectivity index (χ1v) is 6.27. The van der Waals surface area contributed by atoms with Gasteiger partial charge in [0.1, 0.15) is 12.3 Å². The normalized spacial score (nSPS) is 10.3. The van der Waals surface area contributed by atoms with Crippen LogP contribution in [-0.4, -0.2) is 33.8 Å². The quantitative estimate of drug-likeness (QED) is 0.847. The van der Waals surface area contributed by atoms with E-state index >= 15 is 0 Å². The Kier molecular flexibility index (Phi) is 4.27. The number of carboxylic acids is 2. The lowest BCUT2D eigenvalue weighted by Crippen LogP contribution is -2.15. The van der Waals surface area contributed by atoms with Crippen molar-refractivity contribution in [3.63, 3.8) is 0 Å². The predicted molar refractivity (Wildman–Crippen MR) is 75.4 cm³/mol. The van der Waals surface area contributed by atoms with Crippen LogP contribution < -0.4 is 4.74 Å². The standard InChI is InChI=1S/C15H15NO5/c1-21-12-5-2-10(3-6-12)13-7-4-11(8-14(17)18)16(13)9-15(19)20/h2-7H,8-9H2,1H3,(H,17,18)(H,19,20). The highest BCUT2D eigenvalue weighted by Gasteiger charge is 2.14. The smallest absolute Gasteiger partial charge is 0.323 e. The molecule has 6 heteroatoms. The molecular formula is C15H15NO5. The molecule has 0 fully saturated rings. The van der Waals surface area contributed by atoms with Crippen LogP contribution in [0.25, 0.3) is 11.3 Å². The summed E-state index contributed by atoms with van der Waals surface area (Å²) in [6, 6.07) is 10.5. The third-order valence-electron chi connectivity index (χ3n) is 3.08. The van der Waals surface area contributed by atoms with Crippen molar-refractivity contribution in [1.29, 1.82) is 0 Å². The summed E-state index contributed by atoms with van der Waals surface area (Å²) in [5.41, 5.74) is 1.92. The minimum Gasteiger partial charge on any atom is -0.497 e. The molecule has 0 atom stereocenters. The largest absolute Gasteiger partial charge is 0.497 e. The Hall–Kier alpha value is -2.76. The Bertz CT molecular complexity index is 657. The zero-order chi connectivity index (χ0) is 15.4. The molecule has 110 valence electrons. The fraction of sp³-hybridized carbons (Fsp3) is 0.200. The molecule has 2 N–H and O–H groups in total. The Morgan fingerprint density at radius 3 is 2.24 bits per heavy atom. The number of aliphatic carboxylic acids is 2. The molecule has 0 aliphatic heterocycles. The molecule has 0 bridgehead atoms. The molecule has 2 rings (SSSR count). The summed E-state index contributed by atoms with van der Waals surface area (Å²) in [7, 11) is 1.56. The maximum atomic E-state index is 11.0. The summed E-state index contributed by atoms with van der Waals surface area (Å²) in [6.07, 6.45) is -0.219. The van der Waals surface area contributed by atoms with Crippen molar-refractivity contribution >= 4 is 11.9 Å². The van der Waals surface area contributed by atoms with Gasteiger partial charge in [-0.15, -0.1) is 0 Å². The van der Waals surface area contributed by atoms with E-state index < -0.39 is 11.9 Å². The molecule has 1 aromatic heterocycles. The average molecular weight is 289 g/mol. The third kappa shape index (κ3) is 3.42. The van der Waals surface area contributed by atoms with E-state index in [1.54, 1.807) is 43.5 Å². The number of methoxy groups -OCH3 is 1. The lowest BCUT2D eigenvalue weighted by Gasteiger charge is -2.11. The average Bonchev–Trinajstić information content (AvgIpc) is 2.80. The van der Waals surface area contributed by atoms with E-state index in [1.807, 2.05) is 0 Å². The molecule has 2 aromatic rings. The number of benzene rings is 1. The Balaban J connectivity index is 2.43. The van der Waals surface area contributed by atoms with Crippen LogP contribution in [0.1, 0.15) is 5.69 Å². The highest BCUT2D eigenvalue weighted by Crippen LogP contribution is 2.25. The molecule has 21 heavy (non-hydrogen) atoms. The van der Waals surface area contributed by atoms with Crippen molar-refractivity contribution in [3.8, 4) is 17.0 Å². The van der Waals surface area contributed by atoms with Crippen LogP contribution in [-0.2, 0) is 22.6 Å². The molecule has 1 aromatic carbocycles. The fourth-order valence-electron chi connectivity index (χ4n) is 2.15. The van der Waals surface area contributed by atoms with Crippen LogP contribution in [0.4, 0.5) is 0 Å². The molecule has 0 aliphatic carbocycles. The van der Waals surface area contributed by atoms with E-state index in [0.717, 1.165) is 5.56 Å². The summed E-state index contributed by atoms with van der Waals surface area (Å²) >= 11 is 0. The van der Waals surface area contributed by atoms with Gasteiger partial charge in [-0.3, -0.25) is 9.59 Å². The zero-order valence-electron chi connectivity index (χ0n) is 11.4. The van der Waals surface area contributed by atoms with Gasteiger partial charge in [0.2, 0.25) is 0 Å². The van der Waals surface area contributed by atoms with Gasteiger partial charge in [-0.1, -0.05) is 0 Å². The summed E-state index contributed by atoms with van der Waals surface area (Å²) < 4.78 is 6.58. The summed E-state index contributed by atoms with van der Waals surface area (Å²) in [5, 5.41) is 17.9. The second kappa shape index (κ2) is 6.13. The lowest BCUT2D eigenvalue weighted by atomic mass is 10.1. The van der Waals surface area contributed by atoms with Crippen LogP contribution in [0, 0.1) is 0 Å². The summed E-state index contributed by atoms with van der Waals surface area (Å²) in [6.45, 7) is -0.281. The van der Waals surface area contributed by atoms with Crippen molar-refractivity contribution in [3.05, 3.63) is 42.1 Å². The van der Waals surface area contributed by atoms with Crippen molar-refractivity contribution in [2.24, 2.45) is 0 Å². The number of rotatable bonds is 6. The van der Waals surface area contributed by atoms with Gasteiger partial charge >= 0.3 is 11.9 Å². The number of carbonyl (C=O) groups is 2. The van der Waals surface area contributed by atoms with Crippen LogP contribution >= 0.6 is 0 Å². The highest BCUT2D eigenvalue weighted by molar-refractivity contribution is 5.73. The van der Waals surface area contributed by atoms with Gasteiger partial charge in [0.15, 0.2) is 0 Å². The first kappa shape index (κ1) is 14.6.